The fourth-order valence-electron chi connectivity index (χ4n) is 2.76. The number of hydrogen-bond donors (Lipinski definition) is 3. The van der Waals surface area contributed by atoms with Gasteiger partial charge in [-0.25, -0.2) is 0 Å². The Balaban J connectivity index is 1.57. The van der Waals surface area contributed by atoms with E-state index in [1.165, 1.54) is 5.56 Å². The molecule has 2 aromatic rings. The average Bonchev–Trinajstić information content (AvgIpc) is 2.64. The lowest BCUT2D eigenvalue weighted by Crippen LogP contribution is -2.28. The summed E-state index contributed by atoms with van der Waals surface area (Å²) in [5.41, 5.74) is 8.21. The summed E-state index contributed by atoms with van der Waals surface area (Å²) in [5.74, 6) is -0.370. The highest BCUT2D eigenvalue weighted by atomic mass is 16.3. The highest BCUT2D eigenvalue weighted by molar-refractivity contribution is 5.94. The van der Waals surface area contributed by atoms with Crippen LogP contribution in [0.1, 0.15) is 34.3 Å². The molecule has 0 saturated carbocycles. The normalized spacial score (nSPS) is 12.0. The number of hydrogen-bond acceptors (Lipinski definition) is 3. The fraction of sp³-hybridized carbons (Fsp3) is 0.333. The van der Waals surface area contributed by atoms with Gasteiger partial charge in [0.2, 0.25) is 5.91 Å². The van der Waals surface area contributed by atoms with Gasteiger partial charge in [0.1, 0.15) is 0 Å². The molecule has 25 heavy (non-hydrogen) atoms. The van der Waals surface area contributed by atoms with E-state index in [0.717, 1.165) is 37.8 Å². The number of benzene rings is 2. The minimum atomic E-state index is -0.448. The molecular weight excluding hydrogens is 312 g/mol. The van der Waals surface area contributed by atoms with Crippen LogP contribution in [0.25, 0.3) is 0 Å². The summed E-state index contributed by atoms with van der Waals surface area (Å²) in [5, 5.41) is 13.2. The van der Waals surface area contributed by atoms with Crippen LogP contribution in [0.4, 0.5) is 0 Å². The van der Waals surface area contributed by atoms with Crippen molar-refractivity contribution in [2.75, 3.05) is 13.1 Å². The fourth-order valence-corrected chi connectivity index (χ4v) is 2.76. The van der Waals surface area contributed by atoms with E-state index in [-0.39, 0.29) is 5.91 Å². The Bertz CT molecular complexity index is 643. The number of carbonyl (C=O) groups excluding carboxylic acids is 1. The maximum Gasteiger partial charge on any atom is 0.248 e. The molecule has 4 heteroatoms. The summed E-state index contributed by atoms with van der Waals surface area (Å²) in [6.07, 6.45) is 5.04. The van der Waals surface area contributed by atoms with E-state index in [1.807, 2.05) is 42.8 Å². The summed E-state index contributed by atoms with van der Waals surface area (Å²) in [6.45, 7) is 1.40. The number of rotatable bonds is 11. The molecule has 0 aliphatic heterocycles. The Kier molecular flexibility index (Phi) is 8.16. The maximum atomic E-state index is 11.4. The first-order valence-corrected chi connectivity index (χ1v) is 8.80. The third kappa shape index (κ3) is 7.08. The molecule has 0 saturated heterocycles. The zero-order valence-corrected chi connectivity index (χ0v) is 14.5. The van der Waals surface area contributed by atoms with Gasteiger partial charge in [0, 0.05) is 12.1 Å². The van der Waals surface area contributed by atoms with Crippen LogP contribution >= 0.6 is 0 Å². The number of aryl methyl sites for hydroxylation is 1. The smallest absolute Gasteiger partial charge is 0.248 e. The van der Waals surface area contributed by atoms with Gasteiger partial charge in [-0.2, -0.15) is 0 Å². The number of aliphatic hydroxyl groups excluding tert-OH is 1. The molecule has 0 unspecified atom stereocenters. The van der Waals surface area contributed by atoms with E-state index in [1.54, 1.807) is 6.07 Å². The lowest BCUT2D eigenvalue weighted by molar-refractivity contribution is 0.0999. The zero-order chi connectivity index (χ0) is 17.9. The molecule has 2 rings (SSSR count). The van der Waals surface area contributed by atoms with Gasteiger partial charge in [-0.1, -0.05) is 48.5 Å². The summed E-state index contributed by atoms with van der Waals surface area (Å²) in [4.78, 5) is 11.4. The molecule has 0 aliphatic rings. The molecule has 1 amide bonds. The lowest BCUT2D eigenvalue weighted by atomic mass is 10.0. The van der Waals surface area contributed by atoms with Crippen molar-refractivity contribution in [3.05, 3.63) is 77.7 Å². The number of carbonyl (C=O) groups is 1. The minimum Gasteiger partial charge on any atom is -0.391 e. The first-order valence-electron chi connectivity index (χ1n) is 8.80. The van der Waals surface area contributed by atoms with Crippen molar-refractivity contribution >= 4 is 5.91 Å². The Morgan fingerprint density at radius 3 is 2.56 bits per heavy atom. The SMILES string of the molecule is NC(=O)c1ccccc1CCCCNC[C@@H](O)[CH]Cc1ccccc1. The van der Waals surface area contributed by atoms with Crippen LogP contribution < -0.4 is 11.1 Å². The van der Waals surface area contributed by atoms with Crippen molar-refractivity contribution in [3.63, 3.8) is 0 Å². The molecule has 133 valence electrons. The second-order valence-corrected chi connectivity index (χ2v) is 6.18. The Hall–Kier alpha value is -2.17. The highest BCUT2D eigenvalue weighted by Gasteiger charge is 2.07. The van der Waals surface area contributed by atoms with Crippen molar-refractivity contribution in [2.24, 2.45) is 5.73 Å². The molecule has 1 radical (unpaired) electrons. The van der Waals surface area contributed by atoms with Crippen molar-refractivity contribution < 1.29 is 9.90 Å². The Morgan fingerprint density at radius 1 is 1.08 bits per heavy atom. The van der Waals surface area contributed by atoms with Crippen LogP contribution in [0.3, 0.4) is 0 Å². The second kappa shape index (κ2) is 10.6. The number of nitrogens with one attached hydrogen (secondary N) is 1. The predicted molar refractivity (Wildman–Crippen MR) is 101 cm³/mol. The quantitative estimate of drug-likeness (QED) is 0.551. The lowest BCUT2D eigenvalue weighted by Gasteiger charge is -2.12. The molecule has 2 aromatic carbocycles. The third-order valence-corrected chi connectivity index (χ3v) is 4.15. The molecule has 0 bridgehead atoms. The Labute approximate surface area is 150 Å². The van der Waals surface area contributed by atoms with Crippen molar-refractivity contribution in [2.45, 2.75) is 31.8 Å². The van der Waals surface area contributed by atoms with Gasteiger partial charge >= 0.3 is 0 Å². The van der Waals surface area contributed by atoms with Gasteiger partial charge in [0.25, 0.3) is 0 Å². The van der Waals surface area contributed by atoms with E-state index >= 15 is 0 Å². The number of unbranched alkanes of at least 4 members (excludes halogenated alkanes) is 1. The summed E-state index contributed by atoms with van der Waals surface area (Å²) < 4.78 is 0. The monoisotopic (exact) mass is 339 g/mol. The topological polar surface area (TPSA) is 75.4 Å². The summed E-state index contributed by atoms with van der Waals surface area (Å²) in [6, 6.07) is 17.6. The number of nitrogens with two attached hydrogens (primary N) is 1. The molecule has 0 spiro atoms. The number of amides is 1. The maximum absolute atomic E-state index is 11.4. The van der Waals surface area contributed by atoms with Gasteiger partial charge in [0.15, 0.2) is 0 Å². The van der Waals surface area contributed by atoms with Gasteiger partial charge in [-0.05, 0) is 55.8 Å². The third-order valence-electron chi connectivity index (χ3n) is 4.15. The molecule has 4 nitrogen and oxygen atoms in total. The highest BCUT2D eigenvalue weighted by Crippen LogP contribution is 2.11. The van der Waals surface area contributed by atoms with E-state index < -0.39 is 6.10 Å². The van der Waals surface area contributed by atoms with E-state index in [9.17, 15) is 9.90 Å². The van der Waals surface area contributed by atoms with E-state index in [4.69, 9.17) is 5.73 Å². The van der Waals surface area contributed by atoms with Crippen LogP contribution in [0, 0.1) is 6.42 Å². The van der Waals surface area contributed by atoms with Crippen LogP contribution in [0.5, 0.6) is 0 Å². The van der Waals surface area contributed by atoms with Crippen LogP contribution in [0.2, 0.25) is 0 Å². The van der Waals surface area contributed by atoms with Crippen molar-refractivity contribution in [1.82, 2.24) is 5.32 Å². The summed E-state index contributed by atoms with van der Waals surface area (Å²) in [7, 11) is 0. The Morgan fingerprint density at radius 2 is 1.80 bits per heavy atom. The predicted octanol–water partition coefficient (Wildman–Crippen LogP) is 2.51. The largest absolute Gasteiger partial charge is 0.391 e. The molecule has 0 heterocycles. The molecule has 0 aromatic heterocycles. The van der Waals surface area contributed by atoms with Gasteiger partial charge < -0.3 is 16.2 Å². The molecular formula is C21H27N2O2. The molecule has 1 atom stereocenters. The zero-order valence-electron chi connectivity index (χ0n) is 14.5. The number of aliphatic hydroxyl groups is 1. The van der Waals surface area contributed by atoms with E-state index in [2.05, 4.69) is 17.4 Å². The first kappa shape index (κ1) is 19.2. The van der Waals surface area contributed by atoms with Gasteiger partial charge in [-0.15, -0.1) is 0 Å². The standard InChI is InChI=1S/C21H27N2O2/c22-21(25)20-12-5-4-10-18(20)11-6-7-15-23-16-19(24)14-13-17-8-2-1-3-9-17/h1-5,8-10,12,14,19,23-24H,6-7,11,13,15-16H2,(H2,22,25)/t19-/m0/s1. The van der Waals surface area contributed by atoms with Crippen molar-refractivity contribution in [1.29, 1.82) is 0 Å². The second-order valence-electron chi connectivity index (χ2n) is 6.18. The van der Waals surface area contributed by atoms with E-state index in [0.29, 0.717) is 12.1 Å². The number of primary amides is 1. The minimum absolute atomic E-state index is 0.370. The van der Waals surface area contributed by atoms with Crippen LogP contribution in [-0.2, 0) is 12.8 Å². The van der Waals surface area contributed by atoms with Crippen molar-refractivity contribution in [3.8, 4) is 0 Å². The first-order chi connectivity index (χ1) is 12.2. The molecule has 4 N–H and O–H groups in total. The van der Waals surface area contributed by atoms with Crippen LogP contribution in [0.15, 0.2) is 54.6 Å². The molecule has 0 fully saturated rings. The summed E-state index contributed by atoms with van der Waals surface area (Å²) >= 11 is 0. The molecule has 0 aliphatic carbocycles. The van der Waals surface area contributed by atoms with Gasteiger partial charge in [0.05, 0.1) is 6.10 Å². The van der Waals surface area contributed by atoms with Gasteiger partial charge in [-0.3, -0.25) is 4.79 Å². The van der Waals surface area contributed by atoms with Crippen LogP contribution in [-0.4, -0.2) is 30.2 Å². The average molecular weight is 339 g/mol.